The van der Waals surface area contributed by atoms with Crippen molar-refractivity contribution >= 4 is 29.1 Å². The molecule has 1 N–H and O–H groups in total. The third-order valence-corrected chi connectivity index (χ3v) is 6.42. The molecule has 2 heterocycles. The third kappa shape index (κ3) is 5.27. The Balaban J connectivity index is 1.84. The van der Waals surface area contributed by atoms with Gasteiger partial charge >= 0.3 is 0 Å². The molecule has 1 saturated heterocycles. The van der Waals surface area contributed by atoms with E-state index in [4.69, 9.17) is 23.2 Å². The molecule has 29 heavy (non-hydrogen) atoms. The molecule has 0 spiro atoms. The van der Waals surface area contributed by atoms with Crippen LogP contribution in [0.2, 0.25) is 10.0 Å². The standard InChI is InChI=1S/C22H28Cl2N4O/c1-14(2)19-9-4-5-10-28(19)20(16-11-25-15(3)26-12-16)13-27-22(29)17-7-6-8-18(23)21(17)24/h6-8,11-12,14,19-20H,4-5,9-10,13H2,1-3H3,(H,27,29). The molecule has 7 heteroatoms. The number of hydrogen-bond acceptors (Lipinski definition) is 4. The molecule has 2 unspecified atom stereocenters. The second-order valence-corrected chi connectivity index (χ2v) is 8.72. The maximum atomic E-state index is 12.8. The Labute approximate surface area is 182 Å². The van der Waals surface area contributed by atoms with Crippen LogP contribution in [-0.2, 0) is 0 Å². The average molecular weight is 435 g/mol. The molecule has 0 aliphatic carbocycles. The fourth-order valence-corrected chi connectivity index (χ4v) is 4.43. The topological polar surface area (TPSA) is 58.1 Å². The molecule has 0 bridgehead atoms. The first-order chi connectivity index (χ1) is 13.9. The number of aryl methyl sites for hydroxylation is 1. The minimum absolute atomic E-state index is 0.00482. The molecule has 2 atom stereocenters. The molecule has 3 rings (SSSR count). The van der Waals surface area contributed by atoms with Crippen molar-refractivity contribution in [2.45, 2.75) is 52.1 Å². The molecule has 156 valence electrons. The molecular weight excluding hydrogens is 407 g/mol. The molecule has 1 amide bonds. The molecule has 1 aromatic heterocycles. The van der Waals surface area contributed by atoms with E-state index in [1.807, 2.05) is 19.3 Å². The quantitative estimate of drug-likeness (QED) is 0.688. The lowest BCUT2D eigenvalue weighted by Gasteiger charge is -2.43. The Bertz CT molecular complexity index is 841. The van der Waals surface area contributed by atoms with E-state index in [1.54, 1.807) is 18.2 Å². The van der Waals surface area contributed by atoms with Gasteiger partial charge in [0, 0.05) is 30.5 Å². The van der Waals surface area contributed by atoms with Crippen molar-refractivity contribution < 1.29 is 4.79 Å². The largest absolute Gasteiger partial charge is 0.350 e. The minimum Gasteiger partial charge on any atom is -0.350 e. The summed E-state index contributed by atoms with van der Waals surface area (Å²) in [4.78, 5) is 24.1. The number of carbonyl (C=O) groups is 1. The Hall–Kier alpha value is -1.69. The zero-order chi connectivity index (χ0) is 21.0. The van der Waals surface area contributed by atoms with E-state index in [2.05, 4.69) is 34.0 Å². The molecule has 1 aliphatic rings. The Morgan fingerprint density at radius 2 is 1.97 bits per heavy atom. The highest BCUT2D eigenvalue weighted by atomic mass is 35.5. The Kier molecular flexibility index (Phi) is 7.49. The van der Waals surface area contributed by atoms with Crippen LogP contribution in [-0.4, -0.2) is 39.9 Å². The van der Waals surface area contributed by atoms with Crippen LogP contribution in [0.15, 0.2) is 30.6 Å². The van der Waals surface area contributed by atoms with E-state index in [-0.39, 0.29) is 17.0 Å². The number of amides is 1. The van der Waals surface area contributed by atoms with Gasteiger partial charge in [-0.05, 0) is 44.4 Å². The SMILES string of the molecule is Cc1ncc(C(CNC(=O)c2cccc(Cl)c2Cl)N2CCCCC2C(C)C)cn1. The summed E-state index contributed by atoms with van der Waals surface area (Å²) in [6.07, 6.45) is 7.30. The lowest BCUT2D eigenvalue weighted by Crippen LogP contribution is -2.48. The van der Waals surface area contributed by atoms with Crippen molar-refractivity contribution in [2.24, 2.45) is 5.92 Å². The lowest BCUT2D eigenvalue weighted by molar-refractivity contribution is 0.0618. The van der Waals surface area contributed by atoms with Gasteiger partial charge in [-0.15, -0.1) is 0 Å². The van der Waals surface area contributed by atoms with Gasteiger partial charge in [-0.3, -0.25) is 9.69 Å². The normalized spacial score (nSPS) is 18.6. The van der Waals surface area contributed by atoms with Crippen LogP contribution in [0.1, 0.15) is 60.9 Å². The van der Waals surface area contributed by atoms with Gasteiger partial charge in [-0.2, -0.15) is 0 Å². The number of nitrogens with zero attached hydrogens (tertiary/aromatic N) is 3. The molecule has 1 fully saturated rings. The van der Waals surface area contributed by atoms with E-state index in [0.29, 0.717) is 29.1 Å². The van der Waals surface area contributed by atoms with Crippen molar-refractivity contribution in [3.63, 3.8) is 0 Å². The van der Waals surface area contributed by atoms with Gasteiger partial charge in [0.2, 0.25) is 0 Å². The van der Waals surface area contributed by atoms with Crippen molar-refractivity contribution in [1.29, 1.82) is 0 Å². The average Bonchev–Trinajstić information content (AvgIpc) is 2.71. The van der Waals surface area contributed by atoms with E-state index < -0.39 is 0 Å². The van der Waals surface area contributed by atoms with Gasteiger partial charge in [-0.1, -0.05) is 49.5 Å². The fourth-order valence-electron chi connectivity index (χ4n) is 4.05. The van der Waals surface area contributed by atoms with Crippen LogP contribution in [0.4, 0.5) is 0 Å². The summed E-state index contributed by atoms with van der Waals surface area (Å²) in [5, 5.41) is 3.71. The smallest absolute Gasteiger partial charge is 0.252 e. The number of likely N-dealkylation sites (tertiary alicyclic amines) is 1. The molecule has 5 nitrogen and oxygen atoms in total. The van der Waals surface area contributed by atoms with Crippen LogP contribution in [0.5, 0.6) is 0 Å². The van der Waals surface area contributed by atoms with E-state index in [9.17, 15) is 4.79 Å². The minimum atomic E-state index is -0.228. The summed E-state index contributed by atoms with van der Waals surface area (Å²) < 4.78 is 0. The van der Waals surface area contributed by atoms with Crippen molar-refractivity contribution in [1.82, 2.24) is 20.2 Å². The van der Waals surface area contributed by atoms with E-state index >= 15 is 0 Å². The first-order valence-corrected chi connectivity index (χ1v) is 10.9. The zero-order valence-corrected chi connectivity index (χ0v) is 18.7. The van der Waals surface area contributed by atoms with Crippen LogP contribution < -0.4 is 5.32 Å². The second-order valence-electron chi connectivity index (χ2n) is 7.94. The van der Waals surface area contributed by atoms with Crippen molar-refractivity contribution in [2.75, 3.05) is 13.1 Å². The van der Waals surface area contributed by atoms with E-state index in [1.165, 1.54) is 6.42 Å². The van der Waals surface area contributed by atoms with Crippen LogP contribution >= 0.6 is 23.2 Å². The second kappa shape index (κ2) is 9.88. The number of aromatic nitrogens is 2. The molecule has 0 saturated carbocycles. The predicted molar refractivity (Wildman–Crippen MR) is 117 cm³/mol. The first kappa shape index (κ1) is 22.0. The third-order valence-electron chi connectivity index (χ3n) is 5.60. The highest BCUT2D eigenvalue weighted by Gasteiger charge is 2.32. The number of carbonyl (C=O) groups excluding carboxylic acids is 1. The van der Waals surface area contributed by atoms with Crippen LogP contribution in [0.25, 0.3) is 0 Å². The van der Waals surface area contributed by atoms with Gasteiger partial charge in [0.25, 0.3) is 5.91 Å². The van der Waals surface area contributed by atoms with Gasteiger partial charge in [0.05, 0.1) is 21.7 Å². The van der Waals surface area contributed by atoms with Gasteiger partial charge < -0.3 is 5.32 Å². The molecule has 0 radical (unpaired) electrons. The Morgan fingerprint density at radius 3 is 2.66 bits per heavy atom. The summed E-state index contributed by atoms with van der Waals surface area (Å²) in [5.41, 5.74) is 1.40. The van der Waals surface area contributed by atoms with Crippen molar-refractivity contribution in [3.05, 3.63) is 57.6 Å². The molecule has 1 aliphatic heterocycles. The number of rotatable bonds is 6. The number of nitrogens with one attached hydrogen (secondary N) is 1. The highest BCUT2D eigenvalue weighted by molar-refractivity contribution is 6.43. The number of halogens is 2. The summed E-state index contributed by atoms with van der Waals surface area (Å²) in [7, 11) is 0. The predicted octanol–water partition coefficient (Wildman–Crippen LogP) is 5.07. The Morgan fingerprint density at radius 1 is 1.24 bits per heavy atom. The number of hydrogen-bond donors (Lipinski definition) is 1. The molecule has 2 aromatic rings. The zero-order valence-electron chi connectivity index (χ0n) is 17.2. The van der Waals surface area contributed by atoms with E-state index in [0.717, 1.165) is 30.8 Å². The maximum Gasteiger partial charge on any atom is 0.252 e. The summed E-state index contributed by atoms with van der Waals surface area (Å²) in [5.74, 6) is 1.04. The summed E-state index contributed by atoms with van der Waals surface area (Å²) in [6.45, 7) is 7.85. The van der Waals surface area contributed by atoms with Gasteiger partial charge in [-0.25, -0.2) is 9.97 Å². The summed E-state index contributed by atoms with van der Waals surface area (Å²) in [6, 6.07) is 5.56. The highest BCUT2D eigenvalue weighted by Crippen LogP contribution is 2.32. The van der Waals surface area contributed by atoms with Crippen LogP contribution in [0.3, 0.4) is 0 Å². The van der Waals surface area contributed by atoms with Gasteiger partial charge in [0.15, 0.2) is 0 Å². The van der Waals surface area contributed by atoms with Crippen molar-refractivity contribution in [3.8, 4) is 0 Å². The number of benzene rings is 1. The van der Waals surface area contributed by atoms with Crippen LogP contribution in [0, 0.1) is 12.8 Å². The molecule has 1 aromatic carbocycles. The summed E-state index contributed by atoms with van der Waals surface area (Å²) >= 11 is 12.3. The lowest BCUT2D eigenvalue weighted by atomic mass is 9.90. The fraction of sp³-hybridized carbons (Fsp3) is 0.500. The number of piperidine rings is 1. The maximum absolute atomic E-state index is 12.8. The monoisotopic (exact) mass is 434 g/mol. The first-order valence-electron chi connectivity index (χ1n) is 10.1. The van der Waals surface area contributed by atoms with Gasteiger partial charge in [0.1, 0.15) is 5.82 Å². The molecular formula is C22H28Cl2N4O.